The zero-order chi connectivity index (χ0) is 11.1. The van der Waals surface area contributed by atoms with Gasteiger partial charge in [-0.15, -0.1) is 0 Å². The van der Waals surface area contributed by atoms with E-state index in [9.17, 15) is 0 Å². The van der Waals surface area contributed by atoms with Gasteiger partial charge in [0.25, 0.3) is 0 Å². The largest absolute Gasteiger partial charge is 0.462 e. The van der Waals surface area contributed by atoms with Crippen molar-refractivity contribution >= 4 is 0 Å². The van der Waals surface area contributed by atoms with Gasteiger partial charge in [-0.3, -0.25) is 0 Å². The lowest BCUT2D eigenvalue weighted by molar-refractivity contribution is 0.162. The van der Waals surface area contributed by atoms with Crippen molar-refractivity contribution in [1.82, 2.24) is 5.32 Å². The summed E-state index contributed by atoms with van der Waals surface area (Å²) in [5, 5.41) is 12.0. The van der Waals surface area contributed by atoms with Crippen LogP contribution in [0.5, 0.6) is 0 Å². The van der Waals surface area contributed by atoms with Crippen molar-refractivity contribution in [3.63, 3.8) is 0 Å². The maximum atomic E-state index is 8.83. The predicted octanol–water partition coefficient (Wildman–Crippen LogP) is 1.14. The molecule has 1 heterocycles. The van der Waals surface area contributed by atoms with Gasteiger partial charge in [0, 0.05) is 20.3 Å². The molecule has 0 radical (unpaired) electrons. The van der Waals surface area contributed by atoms with Gasteiger partial charge in [0.1, 0.15) is 18.1 Å². The van der Waals surface area contributed by atoms with Gasteiger partial charge >= 0.3 is 0 Å². The smallest absolute Gasteiger partial charge is 0.129 e. The zero-order valence-electron chi connectivity index (χ0n) is 9.32. The van der Waals surface area contributed by atoms with Crippen molar-refractivity contribution in [2.45, 2.75) is 20.1 Å². The van der Waals surface area contributed by atoms with Crippen LogP contribution in [-0.4, -0.2) is 25.4 Å². The molecule has 0 saturated carbocycles. The van der Waals surface area contributed by atoms with Crippen LogP contribution in [0.25, 0.3) is 0 Å². The van der Waals surface area contributed by atoms with Crippen molar-refractivity contribution in [1.29, 1.82) is 0 Å². The fourth-order valence-corrected chi connectivity index (χ4v) is 1.24. The Hall–Kier alpha value is -0.840. The van der Waals surface area contributed by atoms with Gasteiger partial charge in [-0.2, -0.15) is 0 Å². The molecule has 0 saturated heterocycles. The number of rotatable bonds is 7. The average Bonchev–Trinajstić information content (AvgIpc) is 2.66. The zero-order valence-corrected chi connectivity index (χ0v) is 9.32. The number of hydrogen-bond donors (Lipinski definition) is 2. The molecule has 0 bridgehead atoms. The normalized spacial score (nSPS) is 13.0. The summed E-state index contributed by atoms with van der Waals surface area (Å²) < 4.78 is 10.4. The molecule has 1 unspecified atom stereocenters. The van der Waals surface area contributed by atoms with E-state index in [1.54, 1.807) is 7.11 Å². The second kappa shape index (κ2) is 6.61. The number of nitrogens with one attached hydrogen (secondary N) is 1. The van der Waals surface area contributed by atoms with Crippen molar-refractivity contribution < 1.29 is 14.3 Å². The molecule has 0 fully saturated rings. The minimum atomic E-state index is 0.208. The molecule has 0 aromatic carbocycles. The lowest BCUT2D eigenvalue weighted by Gasteiger charge is -2.07. The van der Waals surface area contributed by atoms with E-state index >= 15 is 0 Å². The number of furan rings is 1. The molecule has 0 aliphatic heterocycles. The SMILES string of the molecule is COCc1ccc(CNCC(C)CO)o1. The number of aliphatic hydroxyl groups excluding tert-OH is 1. The number of aliphatic hydroxyl groups is 1. The molecule has 0 amide bonds. The first kappa shape index (κ1) is 12.2. The van der Waals surface area contributed by atoms with Crippen molar-refractivity contribution in [3.8, 4) is 0 Å². The summed E-state index contributed by atoms with van der Waals surface area (Å²) in [4.78, 5) is 0. The summed E-state index contributed by atoms with van der Waals surface area (Å²) in [6.07, 6.45) is 0. The van der Waals surface area contributed by atoms with E-state index in [0.717, 1.165) is 18.1 Å². The third-order valence-corrected chi connectivity index (χ3v) is 2.11. The Morgan fingerprint density at radius 2 is 2.20 bits per heavy atom. The van der Waals surface area contributed by atoms with E-state index in [1.807, 2.05) is 19.1 Å². The highest BCUT2D eigenvalue weighted by Gasteiger charge is 2.03. The van der Waals surface area contributed by atoms with Crippen LogP contribution in [0.3, 0.4) is 0 Å². The van der Waals surface area contributed by atoms with Gasteiger partial charge < -0.3 is 19.6 Å². The topological polar surface area (TPSA) is 54.6 Å². The van der Waals surface area contributed by atoms with Gasteiger partial charge in [-0.05, 0) is 18.1 Å². The fourth-order valence-electron chi connectivity index (χ4n) is 1.24. The Labute approximate surface area is 90.2 Å². The second-order valence-electron chi connectivity index (χ2n) is 3.72. The van der Waals surface area contributed by atoms with Gasteiger partial charge in [-0.25, -0.2) is 0 Å². The lowest BCUT2D eigenvalue weighted by Crippen LogP contribution is -2.22. The molecule has 15 heavy (non-hydrogen) atoms. The Kier molecular flexibility index (Phi) is 5.39. The Balaban J connectivity index is 2.25. The van der Waals surface area contributed by atoms with Crippen molar-refractivity contribution in [2.75, 3.05) is 20.3 Å². The van der Waals surface area contributed by atoms with Gasteiger partial charge in [0.2, 0.25) is 0 Å². The maximum Gasteiger partial charge on any atom is 0.129 e. The average molecular weight is 213 g/mol. The predicted molar refractivity (Wildman–Crippen MR) is 57.4 cm³/mol. The minimum Gasteiger partial charge on any atom is -0.462 e. The third kappa shape index (κ3) is 4.46. The molecule has 1 atom stereocenters. The molecule has 1 aromatic heterocycles. The number of hydrogen-bond acceptors (Lipinski definition) is 4. The highest BCUT2D eigenvalue weighted by molar-refractivity contribution is 5.06. The third-order valence-electron chi connectivity index (χ3n) is 2.11. The van der Waals surface area contributed by atoms with E-state index in [2.05, 4.69) is 5.32 Å². The molecule has 0 aliphatic carbocycles. The van der Waals surface area contributed by atoms with E-state index in [-0.39, 0.29) is 12.5 Å². The summed E-state index contributed by atoms with van der Waals surface area (Å²) in [6.45, 7) is 4.18. The summed E-state index contributed by atoms with van der Waals surface area (Å²) in [6, 6.07) is 3.85. The highest BCUT2D eigenvalue weighted by Crippen LogP contribution is 2.08. The summed E-state index contributed by atoms with van der Waals surface area (Å²) in [5.74, 6) is 2.01. The molecule has 1 aromatic rings. The first-order chi connectivity index (χ1) is 7.26. The molecule has 0 aliphatic rings. The van der Waals surface area contributed by atoms with E-state index in [0.29, 0.717) is 13.2 Å². The van der Waals surface area contributed by atoms with Crippen LogP contribution in [-0.2, 0) is 17.9 Å². The van der Waals surface area contributed by atoms with Crippen LogP contribution in [0.15, 0.2) is 16.5 Å². The summed E-state index contributed by atoms with van der Waals surface area (Å²) in [5.41, 5.74) is 0. The molecule has 1 rings (SSSR count). The Morgan fingerprint density at radius 1 is 1.47 bits per heavy atom. The van der Waals surface area contributed by atoms with Crippen molar-refractivity contribution in [3.05, 3.63) is 23.7 Å². The van der Waals surface area contributed by atoms with Gasteiger partial charge in [-0.1, -0.05) is 6.92 Å². The molecule has 2 N–H and O–H groups in total. The number of ether oxygens (including phenoxy) is 1. The molecular weight excluding hydrogens is 194 g/mol. The monoisotopic (exact) mass is 213 g/mol. The van der Waals surface area contributed by atoms with Gasteiger partial charge in [0.05, 0.1) is 6.54 Å². The standard InChI is InChI=1S/C11H19NO3/c1-9(7-13)5-12-6-10-3-4-11(15-10)8-14-2/h3-4,9,12-13H,5-8H2,1-2H3. The maximum absolute atomic E-state index is 8.83. The van der Waals surface area contributed by atoms with Crippen LogP contribution < -0.4 is 5.32 Å². The minimum absolute atomic E-state index is 0.208. The molecule has 4 nitrogen and oxygen atoms in total. The first-order valence-corrected chi connectivity index (χ1v) is 5.14. The molecule has 4 heteroatoms. The second-order valence-corrected chi connectivity index (χ2v) is 3.72. The summed E-state index contributed by atoms with van der Waals surface area (Å²) >= 11 is 0. The van der Waals surface area contributed by atoms with Crippen LogP contribution in [0, 0.1) is 5.92 Å². The van der Waals surface area contributed by atoms with Crippen LogP contribution in [0.1, 0.15) is 18.4 Å². The summed E-state index contributed by atoms with van der Waals surface area (Å²) in [7, 11) is 1.64. The lowest BCUT2D eigenvalue weighted by atomic mass is 10.2. The first-order valence-electron chi connectivity index (χ1n) is 5.14. The molecular formula is C11H19NO3. The van der Waals surface area contributed by atoms with E-state index in [4.69, 9.17) is 14.3 Å². The molecule has 86 valence electrons. The molecule has 0 spiro atoms. The highest BCUT2D eigenvalue weighted by atomic mass is 16.5. The quantitative estimate of drug-likeness (QED) is 0.713. The Morgan fingerprint density at radius 3 is 2.87 bits per heavy atom. The number of methoxy groups -OCH3 is 1. The van der Waals surface area contributed by atoms with Gasteiger partial charge in [0.15, 0.2) is 0 Å². The van der Waals surface area contributed by atoms with Crippen LogP contribution in [0.4, 0.5) is 0 Å². The van der Waals surface area contributed by atoms with Crippen LogP contribution >= 0.6 is 0 Å². The van der Waals surface area contributed by atoms with Crippen molar-refractivity contribution in [2.24, 2.45) is 5.92 Å². The van der Waals surface area contributed by atoms with E-state index in [1.165, 1.54) is 0 Å². The fraction of sp³-hybridized carbons (Fsp3) is 0.636. The Bertz CT molecular complexity index is 273. The van der Waals surface area contributed by atoms with E-state index < -0.39 is 0 Å². The van der Waals surface area contributed by atoms with Crippen LogP contribution in [0.2, 0.25) is 0 Å².